The molecule has 1 fully saturated rings. The second-order valence-electron chi connectivity index (χ2n) is 6.36. The first-order chi connectivity index (χ1) is 9.93. The molecular formula is C16H23NO3S. The van der Waals surface area contributed by atoms with Gasteiger partial charge in [-0.3, -0.25) is 0 Å². The molecule has 116 valence electrons. The van der Waals surface area contributed by atoms with Gasteiger partial charge in [-0.05, 0) is 55.4 Å². The summed E-state index contributed by atoms with van der Waals surface area (Å²) >= 11 is 0. The lowest BCUT2D eigenvalue weighted by molar-refractivity contribution is 0.156. The van der Waals surface area contributed by atoms with Crippen molar-refractivity contribution in [3.05, 3.63) is 29.3 Å². The number of hydrogen-bond donors (Lipinski definition) is 1. The first-order valence-electron chi connectivity index (χ1n) is 7.67. The van der Waals surface area contributed by atoms with Crippen molar-refractivity contribution in [3.8, 4) is 5.75 Å². The first-order valence-corrected chi connectivity index (χ1v) is 9.63. The fourth-order valence-corrected chi connectivity index (χ4v) is 4.65. The van der Waals surface area contributed by atoms with Crippen molar-refractivity contribution in [2.45, 2.75) is 55.9 Å². The Morgan fingerprint density at radius 1 is 1.24 bits per heavy atom. The Labute approximate surface area is 126 Å². The van der Waals surface area contributed by atoms with Crippen LogP contribution in [-0.2, 0) is 16.3 Å². The average Bonchev–Trinajstić information content (AvgIpc) is 2.79. The zero-order valence-corrected chi connectivity index (χ0v) is 13.2. The van der Waals surface area contributed by atoms with E-state index < -0.39 is 9.84 Å². The molecule has 2 N–H and O–H groups in total. The maximum absolute atomic E-state index is 11.7. The van der Waals surface area contributed by atoms with Gasteiger partial charge >= 0.3 is 0 Å². The van der Waals surface area contributed by atoms with Crippen molar-refractivity contribution in [1.82, 2.24) is 0 Å². The van der Waals surface area contributed by atoms with E-state index in [1.807, 2.05) is 6.07 Å². The van der Waals surface area contributed by atoms with Gasteiger partial charge < -0.3 is 10.5 Å². The van der Waals surface area contributed by atoms with Gasteiger partial charge in [0, 0.05) is 18.7 Å². The Morgan fingerprint density at radius 3 is 2.81 bits per heavy atom. The molecule has 3 rings (SSSR count). The number of nitrogens with two attached hydrogens (primary N) is 1. The zero-order chi connectivity index (χ0) is 15.0. The Kier molecular flexibility index (Phi) is 3.97. The smallest absolute Gasteiger partial charge is 0.150 e. The summed E-state index contributed by atoms with van der Waals surface area (Å²) in [7, 11) is -2.96. The Morgan fingerprint density at radius 2 is 2.05 bits per heavy atom. The molecule has 1 aromatic rings. The molecule has 2 aliphatic rings. The summed E-state index contributed by atoms with van der Waals surface area (Å²) in [5.74, 6) is 0.849. The van der Waals surface area contributed by atoms with Gasteiger partial charge in [0.1, 0.15) is 15.6 Å². The van der Waals surface area contributed by atoms with E-state index in [-0.39, 0.29) is 17.4 Å². The SMILES string of the molecule is CS(=O)(=O)C1CCCC(Oc2ccc3c(c2)CC[C@H]3N)C1. The summed E-state index contributed by atoms with van der Waals surface area (Å²) in [4.78, 5) is 0. The molecule has 4 nitrogen and oxygen atoms in total. The van der Waals surface area contributed by atoms with Crippen molar-refractivity contribution >= 4 is 9.84 Å². The van der Waals surface area contributed by atoms with E-state index in [1.54, 1.807) is 0 Å². The molecule has 0 bridgehead atoms. The maximum atomic E-state index is 11.7. The summed E-state index contributed by atoms with van der Waals surface area (Å²) in [5.41, 5.74) is 8.54. The van der Waals surface area contributed by atoms with Gasteiger partial charge in [0.25, 0.3) is 0 Å². The van der Waals surface area contributed by atoms with Crippen LogP contribution in [0.1, 0.15) is 49.3 Å². The molecule has 0 spiro atoms. The lowest BCUT2D eigenvalue weighted by Gasteiger charge is -2.28. The number of sulfone groups is 1. The second-order valence-corrected chi connectivity index (χ2v) is 8.69. The Balaban J connectivity index is 1.69. The Hall–Kier alpha value is -1.07. The standard InChI is InChI=1S/C16H23NO3S/c1-21(18,19)14-4-2-3-12(10-14)20-13-6-7-15-11(9-13)5-8-16(15)17/h6-7,9,12,14,16H,2-5,8,10,17H2,1H3/t12?,14?,16-/m1/s1. The zero-order valence-electron chi connectivity index (χ0n) is 12.4. The molecule has 0 radical (unpaired) electrons. The fraction of sp³-hybridized carbons (Fsp3) is 0.625. The van der Waals surface area contributed by atoms with Gasteiger partial charge in [-0.1, -0.05) is 6.07 Å². The molecular weight excluding hydrogens is 286 g/mol. The van der Waals surface area contributed by atoms with E-state index in [1.165, 1.54) is 17.4 Å². The van der Waals surface area contributed by atoms with Crippen molar-refractivity contribution in [2.24, 2.45) is 5.73 Å². The highest BCUT2D eigenvalue weighted by molar-refractivity contribution is 7.91. The number of ether oxygens (including phenoxy) is 1. The van der Waals surface area contributed by atoms with E-state index in [0.717, 1.165) is 37.9 Å². The van der Waals surface area contributed by atoms with Crippen molar-refractivity contribution in [2.75, 3.05) is 6.26 Å². The predicted octanol–water partition coefficient (Wildman–Crippen LogP) is 2.37. The summed E-state index contributed by atoms with van der Waals surface area (Å²) in [6.45, 7) is 0. The third-order valence-electron chi connectivity index (χ3n) is 4.72. The van der Waals surface area contributed by atoms with Crippen LogP contribution in [0.3, 0.4) is 0 Å². The quantitative estimate of drug-likeness (QED) is 0.930. The molecule has 0 heterocycles. The van der Waals surface area contributed by atoms with Crippen LogP contribution in [0.4, 0.5) is 0 Å². The first kappa shape index (κ1) is 14.9. The van der Waals surface area contributed by atoms with Crippen LogP contribution < -0.4 is 10.5 Å². The molecule has 2 unspecified atom stereocenters. The van der Waals surface area contributed by atoms with Crippen molar-refractivity contribution < 1.29 is 13.2 Å². The average molecular weight is 309 g/mol. The minimum absolute atomic E-state index is 0.00611. The van der Waals surface area contributed by atoms with Gasteiger partial charge in [-0.15, -0.1) is 0 Å². The van der Waals surface area contributed by atoms with E-state index in [4.69, 9.17) is 10.5 Å². The molecule has 21 heavy (non-hydrogen) atoms. The molecule has 0 amide bonds. The molecule has 1 saturated carbocycles. The van der Waals surface area contributed by atoms with Gasteiger partial charge in [-0.25, -0.2) is 8.42 Å². The number of benzene rings is 1. The second kappa shape index (κ2) is 5.61. The van der Waals surface area contributed by atoms with E-state index >= 15 is 0 Å². The predicted molar refractivity (Wildman–Crippen MR) is 83.2 cm³/mol. The summed E-state index contributed by atoms with van der Waals surface area (Å²) in [6, 6.07) is 6.25. The number of fused-ring (bicyclic) bond motifs is 1. The fourth-order valence-electron chi connectivity index (χ4n) is 3.49. The molecule has 0 saturated heterocycles. The minimum Gasteiger partial charge on any atom is -0.490 e. The molecule has 3 atom stereocenters. The highest BCUT2D eigenvalue weighted by Gasteiger charge is 2.30. The molecule has 2 aliphatic carbocycles. The van der Waals surface area contributed by atoms with Gasteiger partial charge in [-0.2, -0.15) is 0 Å². The summed E-state index contributed by atoms with van der Waals surface area (Å²) in [6.07, 6.45) is 6.56. The Bertz CT molecular complexity index is 626. The number of aryl methyl sites for hydroxylation is 1. The topological polar surface area (TPSA) is 69.4 Å². The van der Waals surface area contributed by atoms with E-state index in [2.05, 4.69) is 12.1 Å². The monoisotopic (exact) mass is 309 g/mol. The normalized spacial score (nSPS) is 29.1. The van der Waals surface area contributed by atoms with Crippen LogP contribution in [-0.4, -0.2) is 26.0 Å². The number of hydrogen-bond acceptors (Lipinski definition) is 4. The third-order valence-corrected chi connectivity index (χ3v) is 6.36. The molecule has 0 aliphatic heterocycles. The lowest BCUT2D eigenvalue weighted by atomic mass is 9.97. The van der Waals surface area contributed by atoms with Crippen LogP contribution in [0.15, 0.2) is 18.2 Å². The van der Waals surface area contributed by atoms with Gasteiger partial charge in [0.15, 0.2) is 0 Å². The summed E-state index contributed by atoms with van der Waals surface area (Å²) in [5, 5.41) is -0.251. The van der Waals surface area contributed by atoms with Crippen LogP contribution in [0.2, 0.25) is 0 Å². The van der Waals surface area contributed by atoms with Gasteiger partial charge in [0.05, 0.1) is 11.4 Å². The summed E-state index contributed by atoms with van der Waals surface area (Å²) < 4.78 is 29.4. The molecule has 5 heteroatoms. The van der Waals surface area contributed by atoms with Crippen LogP contribution in [0.25, 0.3) is 0 Å². The van der Waals surface area contributed by atoms with Crippen LogP contribution in [0, 0.1) is 0 Å². The number of rotatable bonds is 3. The van der Waals surface area contributed by atoms with Crippen molar-refractivity contribution in [3.63, 3.8) is 0 Å². The minimum atomic E-state index is -2.96. The molecule has 0 aromatic heterocycles. The van der Waals surface area contributed by atoms with Crippen LogP contribution in [0.5, 0.6) is 5.75 Å². The van der Waals surface area contributed by atoms with Crippen molar-refractivity contribution in [1.29, 1.82) is 0 Å². The van der Waals surface area contributed by atoms with Gasteiger partial charge in [0.2, 0.25) is 0 Å². The lowest BCUT2D eigenvalue weighted by Crippen LogP contribution is -2.33. The molecule has 1 aromatic carbocycles. The highest BCUT2D eigenvalue weighted by atomic mass is 32.2. The largest absolute Gasteiger partial charge is 0.490 e. The third kappa shape index (κ3) is 3.24. The van der Waals surface area contributed by atoms with Crippen LogP contribution >= 0.6 is 0 Å². The van der Waals surface area contributed by atoms with E-state index in [0.29, 0.717) is 6.42 Å². The highest BCUT2D eigenvalue weighted by Crippen LogP contribution is 2.33. The maximum Gasteiger partial charge on any atom is 0.150 e. The van der Waals surface area contributed by atoms with E-state index in [9.17, 15) is 8.42 Å².